The van der Waals surface area contributed by atoms with E-state index in [1.165, 1.54) is 24.8 Å². The van der Waals surface area contributed by atoms with Crippen LogP contribution in [0.25, 0.3) is 16.8 Å². The van der Waals surface area contributed by atoms with Crippen molar-refractivity contribution in [3.8, 4) is 0 Å². The Labute approximate surface area is 148 Å². The molecule has 1 N–H and O–H groups in total. The van der Waals surface area contributed by atoms with Crippen LogP contribution in [0.2, 0.25) is 0 Å². The summed E-state index contributed by atoms with van der Waals surface area (Å²) in [6.45, 7) is 3.46. The highest BCUT2D eigenvalue weighted by Gasteiger charge is 2.32. The van der Waals surface area contributed by atoms with Gasteiger partial charge >= 0.3 is 0 Å². The number of ether oxygens (including phenoxy) is 1. The minimum atomic E-state index is -0.0694. The first kappa shape index (κ1) is 16.3. The highest BCUT2D eigenvalue weighted by Crippen LogP contribution is 2.22. The first-order valence-corrected chi connectivity index (χ1v) is 9.09. The minimum Gasteiger partial charge on any atom is -0.373 e. The quantitative estimate of drug-likeness (QED) is 0.873. The molecule has 2 aliphatic heterocycles. The lowest BCUT2D eigenvalue weighted by atomic mass is 10.0. The van der Waals surface area contributed by atoms with Gasteiger partial charge in [0.1, 0.15) is 0 Å². The first-order chi connectivity index (χ1) is 12.3. The van der Waals surface area contributed by atoms with Gasteiger partial charge in [0.05, 0.1) is 12.7 Å². The van der Waals surface area contributed by atoms with Crippen molar-refractivity contribution in [2.75, 3.05) is 26.2 Å². The van der Waals surface area contributed by atoms with E-state index in [0.717, 1.165) is 24.1 Å². The predicted molar refractivity (Wildman–Crippen MR) is 100 cm³/mol. The average Bonchev–Trinajstić information content (AvgIpc) is 3.12. The summed E-state index contributed by atoms with van der Waals surface area (Å²) in [7, 11) is 0. The van der Waals surface area contributed by atoms with Gasteiger partial charge in [0, 0.05) is 25.2 Å². The van der Waals surface area contributed by atoms with Gasteiger partial charge in [0.15, 0.2) is 0 Å². The second kappa shape index (κ2) is 7.38. The number of hydrogen-bond acceptors (Lipinski definition) is 3. The monoisotopic (exact) mass is 336 g/mol. The predicted octanol–water partition coefficient (Wildman–Crippen LogP) is 2.83. The third-order valence-electron chi connectivity index (χ3n) is 5.20. The number of amides is 1. The van der Waals surface area contributed by atoms with Gasteiger partial charge in [-0.1, -0.05) is 42.5 Å². The van der Waals surface area contributed by atoms with Gasteiger partial charge in [-0.25, -0.2) is 0 Å². The van der Waals surface area contributed by atoms with E-state index in [4.69, 9.17) is 4.74 Å². The molecule has 1 amide bonds. The fraction of sp³-hybridized carbons (Fsp3) is 0.381. The number of nitrogens with zero attached hydrogens (tertiary/aromatic N) is 1. The molecule has 4 rings (SSSR count). The molecule has 0 saturated carbocycles. The van der Waals surface area contributed by atoms with Gasteiger partial charge < -0.3 is 10.1 Å². The Bertz CT molecular complexity index is 781. The Balaban J connectivity index is 1.33. The zero-order valence-corrected chi connectivity index (χ0v) is 14.4. The maximum absolute atomic E-state index is 12.2. The summed E-state index contributed by atoms with van der Waals surface area (Å²) in [4.78, 5) is 14.6. The van der Waals surface area contributed by atoms with Crippen LogP contribution in [0.5, 0.6) is 0 Å². The van der Waals surface area contributed by atoms with Gasteiger partial charge in [-0.2, -0.15) is 0 Å². The summed E-state index contributed by atoms with van der Waals surface area (Å²) in [6.07, 6.45) is 6.11. The molecule has 2 aliphatic rings. The number of benzene rings is 2. The van der Waals surface area contributed by atoms with Crippen molar-refractivity contribution in [1.82, 2.24) is 10.2 Å². The maximum atomic E-state index is 12.2. The molecule has 0 bridgehead atoms. The number of rotatable bonds is 4. The Hall–Kier alpha value is -2.17. The van der Waals surface area contributed by atoms with E-state index in [-0.39, 0.29) is 12.0 Å². The van der Waals surface area contributed by atoms with Gasteiger partial charge in [0.2, 0.25) is 5.91 Å². The molecule has 0 aromatic heterocycles. The molecular weight excluding hydrogens is 312 g/mol. The van der Waals surface area contributed by atoms with Gasteiger partial charge in [-0.3, -0.25) is 9.69 Å². The van der Waals surface area contributed by atoms with Crippen molar-refractivity contribution in [1.29, 1.82) is 0 Å². The molecule has 0 unspecified atom stereocenters. The molecule has 0 spiro atoms. The molecule has 0 radical (unpaired) electrons. The minimum absolute atomic E-state index is 0.0694. The fourth-order valence-electron chi connectivity index (χ4n) is 3.84. The molecule has 2 aromatic carbocycles. The summed E-state index contributed by atoms with van der Waals surface area (Å²) in [5.74, 6) is -0.0694. The zero-order valence-electron chi connectivity index (χ0n) is 14.4. The van der Waals surface area contributed by atoms with Crippen LogP contribution in [0.1, 0.15) is 18.4 Å². The van der Waals surface area contributed by atoms with Crippen LogP contribution in [-0.4, -0.2) is 49.2 Å². The van der Waals surface area contributed by atoms with Crippen LogP contribution in [0.3, 0.4) is 0 Å². The van der Waals surface area contributed by atoms with Crippen LogP contribution in [-0.2, 0) is 9.53 Å². The molecule has 2 saturated heterocycles. The SMILES string of the molecule is O=C(/C=C\c1cccc2ccccc12)NC[C@@H]1CN2CCC[C@H]2CO1. The Morgan fingerprint density at radius 1 is 1.24 bits per heavy atom. The molecule has 2 fully saturated rings. The molecule has 4 heteroatoms. The van der Waals surface area contributed by atoms with Crippen LogP contribution in [0.15, 0.2) is 48.5 Å². The number of fused-ring (bicyclic) bond motifs is 2. The second-order valence-electron chi connectivity index (χ2n) is 6.89. The number of morpholine rings is 1. The largest absolute Gasteiger partial charge is 0.373 e. The summed E-state index contributed by atoms with van der Waals surface area (Å²) in [5, 5.41) is 5.31. The van der Waals surface area contributed by atoms with Crippen molar-refractivity contribution >= 4 is 22.8 Å². The van der Waals surface area contributed by atoms with E-state index in [9.17, 15) is 4.79 Å². The molecule has 4 nitrogen and oxygen atoms in total. The van der Waals surface area contributed by atoms with Crippen molar-refractivity contribution in [3.63, 3.8) is 0 Å². The van der Waals surface area contributed by atoms with E-state index in [0.29, 0.717) is 12.6 Å². The standard InChI is InChI=1S/C21H24N2O2/c24-21(22-13-19-14-23-12-4-8-18(23)15-25-19)11-10-17-7-3-6-16-5-1-2-9-20(16)17/h1-3,5-7,9-11,18-19H,4,8,12-15H2,(H,22,24)/b11-10-/t18-,19+/m0/s1. The lowest BCUT2D eigenvalue weighted by Crippen LogP contribution is -2.49. The van der Waals surface area contributed by atoms with E-state index >= 15 is 0 Å². The summed E-state index contributed by atoms with van der Waals surface area (Å²) >= 11 is 0. The lowest BCUT2D eigenvalue weighted by molar-refractivity contribution is -0.117. The van der Waals surface area contributed by atoms with E-state index < -0.39 is 0 Å². The molecule has 130 valence electrons. The molecule has 2 aromatic rings. The van der Waals surface area contributed by atoms with Crippen LogP contribution in [0, 0.1) is 0 Å². The first-order valence-electron chi connectivity index (χ1n) is 9.09. The van der Waals surface area contributed by atoms with Crippen LogP contribution < -0.4 is 5.32 Å². The van der Waals surface area contributed by atoms with Gasteiger partial charge in [0.25, 0.3) is 0 Å². The third kappa shape index (κ3) is 3.75. The second-order valence-corrected chi connectivity index (χ2v) is 6.89. The topological polar surface area (TPSA) is 41.6 Å². The summed E-state index contributed by atoms with van der Waals surface area (Å²) < 4.78 is 5.88. The van der Waals surface area contributed by atoms with E-state index in [2.05, 4.69) is 28.4 Å². The van der Waals surface area contributed by atoms with Crippen molar-refractivity contribution in [2.24, 2.45) is 0 Å². The van der Waals surface area contributed by atoms with Crippen molar-refractivity contribution in [3.05, 3.63) is 54.1 Å². The summed E-state index contributed by atoms with van der Waals surface area (Å²) in [5.41, 5.74) is 1.06. The highest BCUT2D eigenvalue weighted by atomic mass is 16.5. The van der Waals surface area contributed by atoms with E-state index in [1.54, 1.807) is 6.08 Å². The van der Waals surface area contributed by atoms with Crippen LogP contribution >= 0.6 is 0 Å². The number of carbonyl (C=O) groups excluding carboxylic acids is 1. The number of nitrogens with one attached hydrogen (secondary N) is 1. The van der Waals surface area contributed by atoms with Crippen LogP contribution in [0.4, 0.5) is 0 Å². The Kier molecular flexibility index (Phi) is 4.81. The Morgan fingerprint density at radius 2 is 2.12 bits per heavy atom. The molecule has 25 heavy (non-hydrogen) atoms. The van der Waals surface area contributed by atoms with Crippen molar-refractivity contribution in [2.45, 2.75) is 25.0 Å². The maximum Gasteiger partial charge on any atom is 0.244 e. The Morgan fingerprint density at radius 3 is 3.08 bits per heavy atom. The van der Waals surface area contributed by atoms with E-state index in [1.807, 2.05) is 30.3 Å². The number of hydrogen-bond donors (Lipinski definition) is 1. The molecular formula is C21H24N2O2. The number of carbonyl (C=O) groups is 1. The molecule has 0 aliphatic carbocycles. The third-order valence-corrected chi connectivity index (χ3v) is 5.20. The fourth-order valence-corrected chi connectivity index (χ4v) is 3.84. The summed E-state index contributed by atoms with van der Waals surface area (Å²) in [6, 6.07) is 14.9. The lowest BCUT2D eigenvalue weighted by Gasteiger charge is -2.35. The van der Waals surface area contributed by atoms with Gasteiger partial charge in [-0.15, -0.1) is 0 Å². The van der Waals surface area contributed by atoms with Crippen molar-refractivity contribution < 1.29 is 9.53 Å². The molecule has 2 heterocycles. The molecule has 2 atom stereocenters. The average molecular weight is 336 g/mol. The normalized spacial score (nSPS) is 23.8. The zero-order chi connectivity index (χ0) is 17.1. The highest BCUT2D eigenvalue weighted by molar-refractivity contribution is 5.96. The smallest absolute Gasteiger partial charge is 0.244 e. The van der Waals surface area contributed by atoms with Gasteiger partial charge in [-0.05, 0) is 41.8 Å².